The van der Waals surface area contributed by atoms with Crippen molar-refractivity contribution in [3.05, 3.63) is 12.7 Å². The molecular weight excluding hydrogens is 212 g/mol. The maximum atomic E-state index is 9.99. The molecule has 1 N–H and O–H groups in total. The lowest BCUT2D eigenvalue weighted by Crippen LogP contribution is -2.57. The van der Waals surface area contributed by atoms with Gasteiger partial charge in [0.25, 0.3) is 0 Å². The summed E-state index contributed by atoms with van der Waals surface area (Å²) in [4.78, 5) is 4.57. The summed E-state index contributed by atoms with van der Waals surface area (Å²) in [5, 5.41) is 9.99. The van der Waals surface area contributed by atoms with E-state index in [0.717, 1.165) is 30.4 Å². The number of unbranched alkanes of at least 4 members (excludes halogenated alkanes) is 3. The molecule has 0 radical (unpaired) electrons. The Morgan fingerprint density at radius 1 is 1.53 bits per heavy atom. The highest BCUT2D eigenvalue weighted by molar-refractivity contribution is 5.60. The third-order valence-electron chi connectivity index (χ3n) is 4.00. The minimum atomic E-state index is -0.319. The maximum Gasteiger partial charge on any atom is 0.189 e. The normalized spacial score (nSPS) is 29.5. The Labute approximate surface area is 105 Å². The second-order valence-corrected chi connectivity index (χ2v) is 4.97. The van der Waals surface area contributed by atoms with Gasteiger partial charge in [0.1, 0.15) is 6.54 Å². The predicted octanol–water partition coefficient (Wildman–Crippen LogP) is 2.71. The fourth-order valence-corrected chi connectivity index (χ4v) is 2.70. The molecule has 0 aliphatic carbocycles. The quantitative estimate of drug-likeness (QED) is 0.394. The summed E-state index contributed by atoms with van der Waals surface area (Å²) in [6.45, 7) is 9.61. The van der Waals surface area contributed by atoms with Crippen molar-refractivity contribution in [3.8, 4) is 0 Å². The second kappa shape index (κ2) is 6.92. The van der Waals surface area contributed by atoms with Gasteiger partial charge >= 0.3 is 0 Å². The summed E-state index contributed by atoms with van der Waals surface area (Å²) in [5.41, 5.74) is 0. The molecule has 0 aromatic carbocycles. The van der Waals surface area contributed by atoms with Crippen LogP contribution in [0.15, 0.2) is 17.6 Å². The summed E-state index contributed by atoms with van der Waals surface area (Å²) in [6.07, 6.45) is 9.78. The van der Waals surface area contributed by atoms with Crippen LogP contribution in [-0.4, -0.2) is 41.3 Å². The van der Waals surface area contributed by atoms with Crippen molar-refractivity contribution in [1.29, 1.82) is 0 Å². The molecule has 98 valence electrons. The predicted molar refractivity (Wildman–Crippen MR) is 72.9 cm³/mol. The van der Waals surface area contributed by atoms with Crippen molar-refractivity contribution in [2.45, 2.75) is 58.3 Å². The first-order valence-corrected chi connectivity index (χ1v) is 6.84. The lowest BCUT2D eigenvalue weighted by molar-refractivity contribution is -0.976. The zero-order valence-electron chi connectivity index (χ0n) is 11.3. The highest BCUT2D eigenvalue weighted by Crippen LogP contribution is 2.26. The van der Waals surface area contributed by atoms with E-state index in [1.165, 1.54) is 19.3 Å². The number of allylic oxidation sites excluding steroid dienone is 1. The van der Waals surface area contributed by atoms with Crippen LogP contribution in [0.2, 0.25) is 0 Å². The molecule has 17 heavy (non-hydrogen) atoms. The number of nitrogens with zero attached hydrogens (tertiary/aromatic N) is 2. The van der Waals surface area contributed by atoms with Gasteiger partial charge in [0.15, 0.2) is 12.4 Å². The summed E-state index contributed by atoms with van der Waals surface area (Å²) < 4.78 is 0.724. The Morgan fingerprint density at radius 2 is 2.29 bits per heavy atom. The molecule has 0 spiro atoms. The van der Waals surface area contributed by atoms with Crippen LogP contribution in [-0.2, 0) is 0 Å². The highest BCUT2D eigenvalue weighted by Gasteiger charge is 2.41. The van der Waals surface area contributed by atoms with Crippen molar-refractivity contribution >= 4 is 6.21 Å². The van der Waals surface area contributed by atoms with E-state index in [1.54, 1.807) is 0 Å². The fraction of sp³-hybridized carbons (Fsp3) is 0.786. The smallest absolute Gasteiger partial charge is 0.189 e. The number of rotatable bonds is 8. The van der Waals surface area contributed by atoms with Crippen LogP contribution in [0.3, 0.4) is 0 Å². The van der Waals surface area contributed by atoms with Crippen LogP contribution < -0.4 is 0 Å². The molecule has 0 saturated heterocycles. The van der Waals surface area contributed by atoms with E-state index in [0.29, 0.717) is 0 Å². The zero-order chi connectivity index (χ0) is 12.7. The lowest BCUT2D eigenvalue weighted by Gasteiger charge is -2.40. The largest absolute Gasteiger partial charge is 0.345 e. The van der Waals surface area contributed by atoms with Gasteiger partial charge in [0.05, 0.1) is 12.8 Å². The molecule has 3 heteroatoms. The molecule has 1 aliphatic rings. The van der Waals surface area contributed by atoms with Crippen LogP contribution in [0.1, 0.15) is 46.0 Å². The van der Waals surface area contributed by atoms with E-state index in [1.807, 2.05) is 19.2 Å². The zero-order valence-corrected chi connectivity index (χ0v) is 11.3. The first-order valence-electron chi connectivity index (χ1n) is 6.84. The number of hydrogen-bond acceptors (Lipinski definition) is 2. The van der Waals surface area contributed by atoms with Crippen molar-refractivity contribution < 1.29 is 9.59 Å². The molecule has 0 saturated carbocycles. The van der Waals surface area contributed by atoms with Gasteiger partial charge in [0.2, 0.25) is 0 Å². The Balaban J connectivity index is 2.40. The van der Waals surface area contributed by atoms with Crippen LogP contribution in [0.25, 0.3) is 0 Å². The fourth-order valence-electron chi connectivity index (χ4n) is 2.70. The van der Waals surface area contributed by atoms with Gasteiger partial charge in [-0.1, -0.05) is 12.5 Å². The van der Waals surface area contributed by atoms with Crippen molar-refractivity contribution in [2.24, 2.45) is 4.99 Å². The number of aliphatic hydroxyl groups is 1. The summed E-state index contributed by atoms with van der Waals surface area (Å²) in [5.74, 6) is 0. The first kappa shape index (κ1) is 14.4. The van der Waals surface area contributed by atoms with E-state index in [2.05, 4.69) is 18.5 Å². The number of aliphatic imine (C=N–C) groups is 1. The third-order valence-corrected chi connectivity index (χ3v) is 4.00. The molecule has 3 nitrogen and oxygen atoms in total. The molecule has 0 bridgehead atoms. The van der Waals surface area contributed by atoms with Gasteiger partial charge in [0, 0.05) is 13.3 Å². The Bertz CT molecular complexity index is 263. The van der Waals surface area contributed by atoms with E-state index in [-0.39, 0.29) is 12.4 Å². The average Bonchev–Trinajstić information content (AvgIpc) is 2.73. The van der Waals surface area contributed by atoms with Gasteiger partial charge in [-0.25, -0.2) is 4.99 Å². The van der Waals surface area contributed by atoms with Gasteiger partial charge in [-0.3, -0.25) is 4.48 Å². The molecule has 0 aromatic rings. The molecule has 0 fully saturated rings. The summed E-state index contributed by atoms with van der Waals surface area (Å²) >= 11 is 0. The van der Waals surface area contributed by atoms with E-state index >= 15 is 0 Å². The standard InChI is InChI=1S/C14H27N2O/c1-4-6-7-8-9-10-14-15-11-12-16(14,5-2)13(3)17/h4,11,13-14,17H,1,5-10,12H2,2-3H3/q+1. The van der Waals surface area contributed by atoms with Crippen LogP contribution in [0, 0.1) is 0 Å². The van der Waals surface area contributed by atoms with E-state index in [9.17, 15) is 5.11 Å². The minimum Gasteiger partial charge on any atom is -0.345 e. The molecular formula is C14H27N2O+. The average molecular weight is 239 g/mol. The summed E-state index contributed by atoms with van der Waals surface area (Å²) in [7, 11) is 0. The van der Waals surface area contributed by atoms with Crippen molar-refractivity contribution in [2.75, 3.05) is 13.1 Å². The first-order chi connectivity index (χ1) is 8.17. The van der Waals surface area contributed by atoms with Gasteiger partial charge < -0.3 is 5.11 Å². The van der Waals surface area contributed by atoms with Crippen molar-refractivity contribution in [3.63, 3.8) is 0 Å². The van der Waals surface area contributed by atoms with E-state index < -0.39 is 0 Å². The molecule has 0 aromatic heterocycles. The van der Waals surface area contributed by atoms with Gasteiger partial charge in [-0.15, -0.1) is 6.58 Å². The monoisotopic (exact) mass is 239 g/mol. The number of aliphatic hydroxyl groups excluding tert-OH is 1. The molecule has 3 atom stereocenters. The Kier molecular flexibility index (Phi) is 5.86. The third kappa shape index (κ3) is 3.39. The summed E-state index contributed by atoms with van der Waals surface area (Å²) in [6, 6.07) is 0. The molecule has 3 unspecified atom stereocenters. The molecule has 1 rings (SSSR count). The van der Waals surface area contributed by atoms with E-state index in [4.69, 9.17) is 0 Å². The topological polar surface area (TPSA) is 32.6 Å². The molecule has 0 amide bonds. The van der Waals surface area contributed by atoms with Crippen LogP contribution in [0.4, 0.5) is 0 Å². The Morgan fingerprint density at radius 3 is 2.88 bits per heavy atom. The number of quaternary nitrogens is 1. The maximum absolute atomic E-state index is 9.99. The van der Waals surface area contributed by atoms with Crippen LogP contribution >= 0.6 is 0 Å². The SMILES string of the molecule is C=CCCCCCC1N=CC[N+]1(CC)C(C)O. The number of hydrogen-bond donors (Lipinski definition) is 1. The molecule has 1 heterocycles. The highest BCUT2D eigenvalue weighted by atomic mass is 16.3. The van der Waals surface area contributed by atoms with Crippen molar-refractivity contribution in [1.82, 2.24) is 0 Å². The Hall–Kier alpha value is -0.670. The second-order valence-electron chi connectivity index (χ2n) is 4.97. The lowest BCUT2D eigenvalue weighted by atomic mass is 10.1. The van der Waals surface area contributed by atoms with Crippen LogP contribution in [0.5, 0.6) is 0 Å². The van der Waals surface area contributed by atoms with Gasteiger partial charge in [-0.05, 0) is 26.2 Å². The van der Waals surface area contributed by atoms with Gasteiger partial charge in [-0.2, -0.15) is 0 Å². The molecule has 1 aliphatic heterocycles. The minimum absolute atomic E-state index is 0.267.